The second-order valence-electron chi connectivity index (χ2n) is 6.66. The SMILES string of the molecule is O=C(N1CCOCC1)N1CC2CCC(C1)N(Cc1cscn1)C2=O. The lowest BCUT2D eigenvalue weighted by atomic mass is 9.94. The molecule has 0 N–H and O–H groups in total. The summed E-state index contributed by atoms with van der Waals surface area (Å²) in [4.78, 5) is 35.6. The van der Waals surface area contributed by atoms with Crippen LogP contribution in [0.1, 0.15) is 18.5 Å². The number of nitrogens with zero attached hydrogens (tertiary/aromatic N) is 4. The fourth-order valence-corrected chi connectivity index (χ4v) is 4.40. The van der Waals surface area contributed by atoms with E-state index in [1.165, 1.54) is 0 Å². The Morgan fingerprint density at radius 3 is 2.83 bits per heavy atom. The summed E-state index contributed by atoms with van der Waals surface area (Å²) in [5, 5.41) is 1.99. The molecule has 8 heteroatoms. The van der Waals surface area contributed by atoms with E-state index in [1.54, 1.807) is 16.8 Å². The molecule has 3 amide bonds. The van der Waals surface area contributed by atoms with Crippen molar-refractivity contribution in [2.45, 2.75) is 25.4 Å². The smallest absolute Gasteiger partial charge is 0.320 e. The highest BCUT2D eigenvalue weighted by molar-refractivity contribution is 7.07. The zero-order valence-electron chi connectivity index (χ0n) is 13.6. The first-order valence-corrected chi connectivity index (χ1v) is 9.46. The van der Waals surface area contributed by atoms with Gasteiger partial charge in [-0.15, -0.1) is 11.3 Å². The third kappa shape index (κ3) is 3.00. The minimum absolute atomic E-state index is 0.0542. The lowest BCUT2D eigenvalue weighted by Gasteiger charge is -2.36. The van der Waals surface area contributed by atoms with Gasteiger partial charge in [-0.1, -0.05) is 0 Å². The van der Waals surface area contributed by atoms with Crippen molar-refractivity contribution >= 4 is 23.3 Å². The fourth-order valence-electron chi connectivity index (χ4n) is 3.85. The first-order chi connectivity index (χ1) is 11.7. The number of thiazole rings is 1. The zero-order chi connectivity index (χ0) is 16.5. The first kappa shape index (κ1) is 15.8. The normalized spacial score (nSPS) is 27.5. The summed E-state index contributed by atoms with van der Waals surface area (Å²) >= 11 is 1.55. The molecule has 0 aromatic carbocycles. The van der Waals surface area contributed by atoms with Crippen LogP contribution in [0.25, 0.3) is 0 Å². The molecule has 0 saturated carbocycles. The number of amides is 3. The van der Waals surface area contributed by atoms with Gasteiger partial charge in [-0.25, -0.2) is 9.78 Å². The predicted molar refractivity (Wildman–Crippen MR) is 88.5 cm³/mol. The van der Waals surface area contributed by atoms with Gasteiger partial charge in [0.2, 0.25) is 5.91 Å². The summed E-state index contributed by atoms with van der Waals surface area (Å²) in [5.41, 5.74) is 2.73. The lowest BCUT2D eigenvalue weighted by molar-refractivity contribution is -0.140. The van der Waals surface area contributed by atoms with Crippen molar-refractivity contribution in [3.8, 4) is 0 Å². The van der Waals surface area contributed by atoms with Crippen molar-refractivity contribution in [1.82, 2.24) is 19.7 Å². The van der Waals surface area contributed by atoms with Gasteiger partial charge in [0.15, 0.2) is 0 Å². The van der Waals surface area contributed by atoms with E-state index in [9.17, 15) is 9.59 Å². The Bertz CT molecular complexity index is 602. The maximum absolute atomic E-state index is 12.8. The summed E-state index contributed by atoms with van der Waals surface area (Å²) in [6.45, 7) is 4.20. The maximum Gasteiger partial charge on any atom is 0.320 e. The summed E-state index contributed by atoms with van der Waals surface area (Å²) in [5.74, 6) is 0.101. The molecule has 4 aliphatic rings. The van der Waals surface area contributed by atoms with E-state index in [4.69, 9.17) is 4.74 Å². The predicted octanol–water partition coefficient (Wildman–Crippen LogP) is 1.02. The second-order valence-corrected chi connectivity index (χ2v) is 7.38. The second kappa shape index (κ2) is 6.68. The number of carbonyl (C=O) groups excluding carboxylic acids is 2. The largest absolute Gasteiger partial charge is 0.378 e. The molecule has 0 spiro atoms. The monoisotopic (exact) mass is 350 g/mol. The van der Waals surface area contributed by atoms with Crippen molar-refractivity contribution < 1.29 is 14.3 Å². The van der Waals surface area contributed by atoms with Crippen LogP contribution in [0.3, 0.4) is 0 Å². The van der Waals surface area contributed by atoms with Crippen LogP contribution < -0.4 is 0 Å². The molecule has 24 heavy (non-hydrogen) atoms. The van der Waals surface area contributed by atoms with Crippen molar-refractivity contribution in [3.05, 3.63) is 16.6 Å². The van der Waals surface area contributed by atoms with Gasteiger partial charge in [-0.05, 0) is 12.8 Å². The molecule has 2 atom stereocenters. The molecular weight excluding hydrogens is 328 g/mol. The first-order valence-electron chi connectivity index (χ1n) is 8.51. The van der Waals surface area contributed by atoms with E-state index in [-0.39, 0.29) is 23.9 Å². The van der Waals surface area contributed by atoms with Crippen LogP contribution in [0.5, 0.6) is 0 Å². The molecule has 1 aromatic rings. The highest BCUT2D eigenvalue weighted by atomic mass is 32.1. The number of ether oxygens (including phenoxy) is 1. The molecule has 0 radical (unpaired) electrons. The molecule has 2 unspecified atom stereocenters. The van der Waals surface area contributed by atoms with Gasteiger partial charge in [0.05, 0.1) is 36.9 Å². The number of fused-ring (bicyclic) bond motifs is 4. The average Bonchev–Trinajstić information content (AvgIpc) is 2.98. The van der Waals surface area contributed by atoms with E-state index in [2.05, 4.69) is 4.98 Å². The van der Waals surface area contributed by atoms with Crippen LogP contribution in [0, 0.1) is 5.92 Å². The van der Waals surface area contributed by atoms with Crippen LogP contribution in [0.2, 0.25) is 0 Å². The zero-order valence-corrected chi connectivity index (χ0v) is 14.4. The molecule has 4 aliphatic heterocycles. The molecule has 4 fully saturated rings. The van der Waals surface area contributed by atoms with Gasteiger partial charge in [0.25, 0.3) is 0 Å². The molecular formula is C16H22N4O3S. The average molecular weight is 350 g/mol. The Morgan fingerprint density at radius 2 is 2.08 bits per heavy atom. The lowest BCUT2D eigenvalue weighted by Crippen LogP contribution is -2.50. The Balaban J connectivity index is 1.49. The minimum Gasteiger partial charge on any atom is -0.378 e. The summed E-state index contributed by atoms with van der Waals surface area (Å²) in [6, 6.07) is 0.154. The third-order valence-corrected chi connectivity index (χ3v) is 5.80. The standard InChI is InChI=1S/C16H22N4O3S/c21-15-12-1-2-14(20(15)8-13-10-24-11-17-13)9-19(7-12)16(22)18-3-5-23-6-4-18/h10-12,14H,1-9H2. The molecule has 5 rings (SSSR count). The quantitative estimate of drug-likeness (QED) is 0.799. The number of piperidine rings is 1. The molecule has 4 saturated heterocycles. The van der Waals surface area contributed by atoms with Gasteiger partial charge in [0.1, 0.15) is 0 Å². The maximum atomic E-state index is 12.8. The number of morpholine rings is 1. The van der Waals surface area contributed by atoms with Crippen LogP contribution in [0.15, 0.2) is 10.9 Å². The van der Waals surface area contributed by atoms with Crippen LogP contribution in [-0.2, 0) is 16.1 Å². The Labute approximate surface area is 145 Å². The van der Waals surface area contributed by atoms with E-state index in [0.29, 0.717) is 45.9 Å². The number of urea groups is 1. The van der Waals surface area contributed by atoms with Crippen LogP contribution in [0.4, 0.5) is 4.79 Å². The topological polar surface area (TPSA) is 66.0 Å². The molecule has 1 aromatic heterocycles. The molecule has 2 bridgehead atoms. The van der Waals surface area contributed by atoms with Gasteiger partial charge in [-0.2, -0.15) is 0 Å². The van der Waals surface area contributed by atoms with Crippen molar-refractivity contribution in [3.63, 3.8) is 0 Å². The fraction of sp³-hybridized carbons (Fsp3) is 0.688. The molecule has 0 aliphatic carbocycles. The van der Waals surface area contributed by atoms with E-state index in [1.807, 2.05) is 20.1 Å². The third-order valence-electron chi connectivity index (χ3n) is 5.16. The van der Waals surface area contributed by atoms with E-state index < -0.39 is 0 Å². The van der Waals surface area contributed by atoms with E-state index in [0.717, 1.165) is 18.5 Å². The summed E-state index contributed by atoms with van der Waals surface area (Å²) < 4.78 is 5.33. The Morgan fingerprint density at radius 1 is 1.25 bits per heavy atom. The molecule has 5 heterocycles. The number of hydrogen-bond donors (Lipinski definition) is 0. The number of hydrogen-bond acceptors (Lipinski definition) is 5. The van der Waals surface area contributed by atoms with Crippen LogP contribution in [-0.4, -0.2) is 77.1 Å². The summed E-state index contributed by atoms with van der Waals surface area (Å²) in [6.07, 6.45) is 1.84. The van der Waals surface area contributed by atoms with Gasteiger partial charge >= 0.3 is 6.03 Å². The molecule has 7 nitrogen and oxygen atoms in total. The van der Waals surface area contributed by atoms with Gasteiger partial charge in [0, 0.05) is 37.6 Å². The van der Waals surface area contributed by atoms with E-state index >= 15 is 0 Å². The number of aromatic nitrogens is 1. The summed E-state index contributed by atoms with van der Waals surface area (Å²) in [7, 11) is 0. The Hall–Kier alpha value is -1.67. The van der Waals surface area contributed by atoms with Crippen molar-refractivity contribution in [2.24, 2.45) is 5.92 Å². The van der Waals surface area contributed by atoms with Gasteiger partial charge < -0.3 is 19.4 Å². The minimum atomic E-state index is -0.0765. The Kier molecular flexibility index (Phi) is 4.41. The van der Waals surface area contributed by atoms with Gasteiger partial charge in [-0.3, -0.25) is 4.79 Å². The number of carbonyl (C=O) groups is 2. The van der Waals surface area contributed by atoms with Crippen molar-refractivity contribution in [1.29, 1.82) is 0 Å². The highest BCUT2D eigenvalue weighted by Gasteiger charge is 2.42. The molecule has 130 valence electrons. The van der Waals surface area contributed by atoms with Crippen molar-refractivity contribution in [2.75, 3.05) is 39.4 Å². The van der Waals surface area contributed by atoms with Crippen LogP contribution >= 0.6 is 11.3 Å². The number of rotatable bonds is 2. The highest BCUT2D eigenvalue weighted by Crippen LogP contribution is 2.31.